The summed E-state index contributed by atoms with van der Waals surface area (Å²) >= 11 is 0. The summed E-state index contributed by atoms with van der Waals surface area (Å²) in [5, 5.41) is 11.0. The first kappa shape index (κ1) is 16.2. The van der Waals surface area contributed by atoms with E-state index >= 15 is 0 Å². The summed E-state index contributed by atoms with van der Waals surface area (Å²) in [4.78, 5) is 41.0. The Hall–Kier alpha value is -3.63. The molecule has 3 rings (SSSR count). The van der Waals surface area contributed by atoms with Crippen LogP contribution in [0.2, 0.25) is 0 Å². The van der Waals surface area contributed by atoms with Crippen molar-refractivity contribution in [3.05, 3.63) is 50.8 Å². The number of nitrogens with two attached hydrogens (primary N) is 1. The Bertz CT molecular complexity index is 1030. The molecule has 0 spiro atoms. The molecule has 2 N–H and O–H groups in total. The highest BCUT2D eigenvalue weighted by molar-refractivity contribution is 5.79. The lowest BCUT2D eigenvalue weighted by molar-refractivity contribution is -0.384. The number of benzene rings is 1. The minimum absolute atomic E-state index is 0.0119. The number of rotatable bonds is 4. The van der Waals surface area contributed by atoms with Gasteiger partial charge in [-0.1, -0.05) is 0 Å². The molecule has 0 atom stereocenters. The molecule has 11 nitrogen and oxygen atoms in total. The molecule has 128 valence electrons. The van der Waals surface area contributed by atoms with Crippen LogP contribution in [0.3, 0.4) is 0 Å². The quantitative estimate of drug-likeness (QED) is 0.518. The van der Waals surface area contributed by atoms with Gasteiger partial charge in [-0.05, 0) is 6.07 Å². The van der Waals surface area contributed by atoms with Crippen LogP contribution in [0.1, 0.15) is 5.82 Å². The van der Waals surface area contributed by atoms with E-state index in [1.54, 1.807) is 19.0 Å². The van der Waals surface area contributed by atoms with Crippen molar-refractivity contribution in [3.63, 3.8) is 0 Å². The fraction of sp³-hybridized carbons (Fsp3) is 0.214. The first-order chi connectivity index (χ1) is 11.8. The van der Waals surface area contributed by atoms with E-state index in [9.17, 15) is 14.9 Å². The highest BCUT2D eigenvalue weighted by atomic mass is 16.6. The Labute approximate surface area is 140 Å². The second-order valence-electron chi connectivity index (χ2n) is 5.44. The third-order valence-electron chi connectivity index (χ3n) is 3.42. The van der Waals surface area contributed by atoms with Crippen LogP contribution in [-0.4, -0.2) is 43.5 Å². The topological polar surface area (TPSA) is 146 Å². The second-order valence-corrected chi connectivity index (χ2v) is 5.44. The zero-order valence-electron chi connectivity index (χ0n) is 13.4. The van der Waals surface area contributed by atoms with Gasteiger partial charge in [-0.15, -0.1) is 0 Å². The summed E-state index contributed by atoms with van der Waals surface area (Å²) in [6, 6.07) is 3.94. The van der Waals surface area contributed by atoms with Crippen molar-refractivity contribution >= 4 is 28.5 Å². The number of hydrogen-bond donors (Lipinski definition) is 1. The third kappa shape index (κ3) is 3.20. The van der Waals surface area contributed by atoms with Crippen LogP contribution in [0.15, 0.2) is 29.3 Å². The summed E-state index contributed by atoms with van der Waals surface area (Å²) in [6.07, 6.45) is 1.34. The minimum Gasteiger partial charge on any atom is -0.368 e. The van der Waals surface area contributed by atoms with Crippen LogP contribution in [0.25, 0.3) is 10.9 Å². The van der Waals surface area contributed by atoms with Gasteiger partial charge in [0.25, 0.3) is 11.2 Å². The molecule has 11 heteroatoms. The maximum absolute atomic E-state index is 12.6. The normalized spacial score (nSPS) is 10.8. The van der Waals surface area contributed by atoms with Gasteiger partial charge in [0.2, 0.25) is 11.9 Å². The lowest BCUT2D eigenvalue weighted by atomic mass is 10.2. The molecule has 25 heavy (non-hydrogen) atoms. The van der Waals surface area contributed by atoms with Crippen molar-refractivity contribution in [2.45, 2.75) is 6.54 Å². The molecule has 0 fully saturated rings. The van der Waals surface area contributed by atoms with Gasteiger partial charge in [-0.3, -0.25) is 19.5 Å². The summed E-state index contributed by atoms with van der Waals surface area (Å²) in [7, 11) is 3.50. The number of fused-ring (bicyclic) bond motifs is 1. The number of nitro groups is 1. The predicted octanol–water partition coefficient (Wildman–Crippen LogP) is 0.186. The molecular formula is C14H14N8O3. The molecule has 0 saturated heterocycles. The van der Waals surface area contributed by atoms with Crippen LogP contribution in [-0.2, 0) is 6.54 Å². The van der Waals surface area contributed by atoms with E-state index in [4.69, 9.17) is 5.73 Å². The molecule has 1 aromatic carbocycles. The molecule has 0 amide bonds. The Morgan fingerprint density at radius 2 is 2.04 bits per heavy atom. The van der Waals surface area contributed by atoms with Gasteiger partial charge >= 0.3 is 0 Å². The molecule has 0 bridgehead atoms. The van der Waals surface area contributed by atoms with Crippen LogP contribution in [0.5, 0.6) is 0 Å². The van der Waals surface area contributed by atoms with Crippen LogP contribution in [0.4, 0.5) is 17.6 Å². The van der Waals surface area contributed by atoms with Crippen molar-refractivity contribution in [1.29, 1.82) is 0 Å². The maximum Gasteiger partial charge on any atom is 0.270 e. The van der Waals surface area contributed by atoms with Crippen molar-refractivity contribution < 1.29 is 4.92 Å². The fourth-order valence-electron chi connectivity index (χ4n) is 2.22. The number of nitro benzene ring substituents is 1. The Balaban J connectivity index is 2.06. The molecule has 0 aliphatic carbocycles. The van der Waals surface area contributed by atoms with Crippen molar-refractivity contribution in [2.75, 3.05) is 24.7 Å². The number of anilines is 2. The Kier molecular flexibility index (Phi) is 3.97. The summed E-state index contributed by atoms with van der Waals surface area (Å²) in [5.41, 5.74) is 5.43. The third-order valence-corrected chi connectivity index (χ3v) is 3.42. The highest BCUT2D eigenvalue weighted by Crippen LogP contribution is 2.16. The fourth-order valence-corrected chi connectivity index (χ4v) is 2.22. The van der Waals surface area contributed by atoms with Crippen LogP contribution >= 0.6 is 0 Å². The monoisotopic (exact) mass is 342 g/mol. The van der Waals surface area contributed by atoms with Crippen molar-refractivity contribution in [2.24, 2.45) is 0 Å². The molecule has 0 saturated carbocycles. The standard InChI is InChI=1S/C14H14N8O3/c1-20(2)14-18-11(17-13(15)19-14)6-21-7-16-10-4-3-8(22(24)25)5-9(10)12(21)23/h3-5,7H,6H2,1-2H3,(H2,15,17,18,19). The SMILES string of the molecule is CN(C)c1nc(N)nc(Cn2cnc3ccc([N+](=O)[O-])cc3c2=O)n1. The lowest BCUT2D eigenvalue weighted by Gasteiger charge is -2.12. The summed E-state index contributed by atoms with van der Waals surface area (Å²) in [6.45, 7) is 0.0119. The zero-order valence-corrected chi connectivity index (χ0v) is 13.4. The molecule has 0 unspecified atom stereocenters. The number of aromatic nitrogens is 5. The number of nitrogens with zero attached hydrogens (tertiary/aromatic N) is 7. The zero-order chi connectivity index (χ0) is 18.1. The maximum atomic E-state index is 12.6. The molecule has 3 aromatic rings. The Morgan fingerprint density at radius 3 is 2.72 bits per heavy atom. The van der Waals surface area contributed by atoms with Gasteiger partial charge < -0.3 is 10.6 Å². The largest absolute Gasteiger partial charge is 0.368 e. The van der Waals surface area contributed by atoms with Crippen LogP contribution in [0, 0.1) is 10.1 Å². The van der Waals surface area contributed by atoms with Gasteiger partial charge in [0, 0.05) is 26.2 Å². The molecule has 0 radical (unpaired) electrons. The number of nitrogen functional groups attached to an aromatic ring is 1. The van der Waals surface area contributed by atoms with Crippen LogP contribution < -0.4 is 16.2 Å². The lowest BCUT2D eigenvalue weighted by Crippen LogP contribution is -2.23. The number of non-ortho nitro benzene ring substituents is 1. The average molecular weight is 342 g/mol. The Morgan fingerprint density at radius 1 is 1.28 bits per heavy atom. The predicted molar refractivity (Wildman–Crippen MR) is 90.3 cm³/mol. The molecule has 2 aromatic heterocycles. The first-order valence-corrected chi connectivity index (χ1v) is 7.16. The van der Waals surface area contributed by atoms with E-state index in [1.165, 1.54) is 29.1 Å². The molecule has 0 aliphatic rings. The van der Waals surface area contributed by atoms with Gasteiger partial charge in [-0.2, -0.15) is 15.0 Å². The van der Waals surface area contributed by atoms with Crippen molar-refractivity contribution in [1.82, 2.24) is 24.5 Å². The molecule has 2 heterocycles. The second kappa shape index (κ2) is 6.11. The smallest absolute Gasteiger partial charge is 0.270 e. The molecular weight excluding hydrogens is 328 g/mol. The highest BCUT2D eigenvalue weighted by Gasteiger charge is 2.13. The van der Waals surface area contributed by atoms with Gasteiger partial charge in [-0.25, -0.2) is 4.98 Å². The van der Waals surface area contributed by atoms with E-state index in [1.807, 2.05) is 0 Å². The van der Waals surface area contributed by atoms with Gasteiger partial charge in [0.1, 0.15) is 0 Å². The molecule has 0 aliphatic heterocycles. The summed E-state index contributed by atoms with van der Waals surface area (Å²) in [5.74, 6) is 0.677. The summed E-state index contributed by atoms with van der Waals surface area (Å²) < 4.78 is 1.26. The average Bonchev–Trinajstić information content (AvgIpc) is 2.56. The van der Waals surface area contributed by atoms with Gasteiger partial charge in [0.05, 0.1) is 28.7 Å². The minimum atomic E-state index is -0.563. The van der Waals surface area contributed by atoms with Gasteiger partial charge in [0.15, 0.2) is 5.82 Å². The van der Waals surface area contributed by atoms with E-state index in [-0.39, 0.29) is 29.4 Å². The van der Waals surface area contributed by atoms with Crippen molar-refractivity contribution in [3.8, 4) is 0 Å². The number of hydrogen-bond acceptors (Lipinski definition) is 9. The van der Waals surface area contributed by atoms with E-state index < -0.39 is 10.5 Å². The first-order valence-electron chi connectivity index (χ1n) is 7.16. The van der Waals surface area contributed by atoms with E-state index in [0.717, 1.165) is 0 Å². The van der Waals surface area contributed by atoms with E-state index in [2.05, 4.69) is 19.9 Å². The van der Waals surface area contributed by atoms with E-state index in [0.29, 0.717) is 11.5 Å².